The number of ether oxygens (including phenoxy) is 2. The van der Waals surface area contributed by atoms with E-state index in [1.807, 2.05) is 0 Å². The van der Waals surface area contributed by atoms with Crippen molar-refractivity contribution in [2.75, 3.05) is 39.5 Å². The standard InChI is InChI=1S/C12H25NO3/c1-3-12(4-2,10-14)9-13-7-11-8-15-5-6-16-11/h11,13-14H,3-10H2,1-2H3. The maximum atomic E-state index is 9.42. The third kappa shape index (κ3) is 4.01. The van der Waals surface area contributed by atoms with Gasteiger partial charge in [0.2, 0.25) is 0 Å². The van der Waals surface area contributed by atoms with E-state index >= 15 is 0 Å². The lowest BCUT2D eigenvalue weighted by atomic mass is 9.83. The fourth-order valence-electron chi connectivity index (χ4n) is 1.93. The molecule has 0 saturated carbocycles. The van der Waals surface area contributed by atoms with Crippen molar-refractivity contribution in [2.24, 2.45) is 5.41 Å². The predicted molar refractivity (Wildman–Crippen MR) is 63.5 cm³/mol. The Morgan fingerprint density at radius 3 is 2.56 bits per heavy atom. The van der Waals surface area contributed by atoms with Gasteiger partial charge in [0, 0.05) is 25.1 Å². The summed E-state index contributed by atoms with van der Waals surface area (Å²) in [5.74, 6) is 0. The molecule has 1 unspecified atom stereocenters. The number of rotatable bonds is 7. The van der Waals surface area contributed by atoms with Crippen molar-refractivity contribution in [1.82, 2.24) is 5.32 Å². The molecule has 0 radical (unpaired) electrons. The molecule has 16 heavy (non-hydrogen) atoms. The summed E-state index contributed by atoms with van der Waals surface area (Å²) in [5, 5.41) is 12.8. The molecule has 1 saturated heterocycles. The first-order valence-corrected chi connectivity index (χ1v) is 6.27. The number of hydrogen-bond acceptors (Lipinski definition) is 4. The summed E-state index contributed by atoms with van der Waals surface area (Å²) in [6.45, 7) is 8.23. The first-order chi connectivity index (χ1) is 7.76. The normalized spacial score (nSPS) is 22.3. The summed E-state index contributed by atoms with van der Waals surface area (Å²) in [6.07, 6.45) is 2.16. The third-order valence-electron chi connectivity index (χ3n) is 3.59. The van der Waals surface area contributed by atoms with Crippen LogP contribution in [0.2, 0.25) is 0 Å². The second-order valence-corrected chi connectivity index (χ2v) is 4.56. The molecule has 0 aromatic heterocycles. The second-order valence-electron chi connectivity index (χ2n) is 4.56. The Hall–Kier alpha value is -0.160. The van der Waals surface area contributed by atoms with Gasteiger partial charge in [0.25, 0.3) is 0 Å². The van der Waals surface area contributed by atoms with Gasteiger partial charge in [-0.15, -0.1) is 0 Å². The molecular weight excluding hydrogens is 206 g/mol. The van der Waals surface area contributed by atoms with Gasteiger partial charge < -0.3 is 19.9 Å². The Bertz CT molecular complexity index is 169. The average molecular weight is 231 g/mol. The van der Waals surface area contributed by atoms with E-state index in [2.05, 4.69) is 19.2 Å². The SMILES string of the molecule is CCC(CC)(CO)CNCC1COCCO1. The average Bonchev–Trinajstić information content (AvgIpc) is 2.37. The zero-order chi connectivity index (χ0) is 11.9. The van der Waals surface area contributed by atoms with Gasteiger partial charge in [-0.2, -0.15) is 0 Å². The van der Waals surface area contributed by atoms with Crippen molar-refractivity contribution in [3.8, 4) is 0 Å². The summed E-state index contributed by atoms with van der Waals surface area (Å²) in [7, 11) is 0. The molecule has 1 atom stereocenters. The van der Waals surface area contributed by atoms with E-state index in [1.54, 1.807) is 0 Å². The van der Waals surface area contributed by atoms with Crippen molar-refractivity contribution >= 4 is 0 Å². The molecule has 1 rings (SSSR count). The Labute approximate surface area is 98.3 Å². The maximum absolute atomic E-state index is 9.42. The summed E-state index contributed by atoms with van der Waals surface area (Å²) in [5.41, 5.74) is 0.0233. The highest BCUT2D eigenvalue weighted by atomic mass is 16.6. The number of aliphatic hydroxyl groups excluding tert-OH is 1. The first kappa shape index (κ1) is 13.9. The van der Waals surface area contributed by atoms with Gasteiger partial charge in [0.15, 0.2) is 0 Å². The highest BCUT2D eigenvalue weighted by Crippen LogP contribution is 2.24. The molecular formula is C12H25NO3. The lowest BCUT2D eigenvalue weighted by Crippen LogP contribution is -2.43. The molecule has 4 heteroatoms. The maximum Gasteiger partial charge on any atom is 0.0933 e. The minimum Gasteiger partial charge on any atom is -0.396 e. The van der Waals surface area contributed by atoms with Gasteiger partial charge in [0.05, 0.1) is 25.9 Å². The van der Waals surface area contributed by atoms with Crippen molar-refractivity contribution in [1.29, 1.82) is 0 Å². The fraction of sp³-hybridized carbons (Fsp3) is 1.00. The van der Waals surface area contributed by atoms with Crippen molar-refractivity contribution < 1.29 is 14.6 Å². The molecule has 4 nitrogen and oxygen atoms in total. The predicted octanol–water partition coefficient (Wildman–Crippen LogP) is 0.790. The summed E-state index contributed by atoms with van der Waals surface area (Å²) < 4.78 is 10.9. The third-order valence-corrected chi connectivity index (χ3v) is 3.59. The van der Waals surface area contributed by atoms with Crippen LogP contribution in [-0.4, -0.2) is 50.7 Å². The zero-order valence-corrected chi connectivity index (χ0v) is 10.5. The molecule has 96 valence electrons. The highest BCUT2D eigenvalue weighted by molar-refractivity contribution is 4.79. The molecule has 1 aliphatic rings. The topological polar surface area (TPSA) is 50.7 Å². The van der Waals surface area contributed by atoms with Crippen LogP contribution < -0.4 is 5.32 Å². The quantitative estimate of drug-likeness (QED) is 0.680. The minimum atomic E-state index is 0.0233. The van der Waals surface area contributed by atoms with E-state index in [4.69, 9.17) is 9.47 Å². The smallest absolute Gasteiger partial charge is 0.0933 e. The van der Waals surface area contributed by atoms with E-state index in [0.29, 0.717) is 19.8 Å². The van der Waals surface area contributed by atoms with Crippen LogP contribution in [0, 0.1) is 5.41 Å². The lowest BCUT2D eigenvalue weighted by Gasteiger charge is -2.31. The molecule has 1 fully saturated rings. The van der Waals surface area contributed by atoms with Crippen LogP contribution in [0.4, 0.5) is 0 Å². The van der Waals surface area contributed by atoms with Crippen LogP contribution in [0.3, 0.4) is 0 Å². The lowest BCUT2D eigenvalue weighted by molar-refractivity contribution is -0.0871. The van der Waals surface area contributed by atoms with Crippen LogP contribution >= 0.6 is 0 Å². The molecule has 0 aliphatic carbocycles. The first-order valence-electron chi connectivity index (χ1n) is 6.27. The molecule has 0 aromatic rings. The van der Waals surface area contributed by atoms with Crippen molar-refractivity contribution in [2.45, 2.75) is 32.8 Å². The second kappa shape index (κ2) is 7.22. The molecule has 0 aromatic carbocycles. The zero-order valence-electron chi connectivity index (χ0n) is 10.5. The molecule has 1 aliphatic heterocycles. The Morgan fingerprint density at radius 2 is 2.06 bits per heavy atom. The van der Waals surface area contributed by atoms with E-state index < -0.39 is 0 Å². The monoisotopic (exact) mass is 231 g/mol. The highest BCUT2D eigenvalue weighted by Gasteiger charge is 2.25. The summed E-state index contributed by atoms with van der Waals surface area (Å²) in [4.78, 5) is 0. The van der Waals surface area contributed by atoms with Gasteiger partial charge in [-0.05, 0) is 12.8 Å². The fourth-order valence-corrected chi connectivity index (χ4v) is 1.93. The van der Waals surface area contributed by atoms with E-state index in [-0.39, 0.29) is 18.1 Å². The molecule has 0 amide bonds. The van der Waals surface area contributed by atoms with Crippen LogP contribution in [0.1, 0.15) is 26.7 Å². The number of nitrogens with one attached hydrogen (secondary N) is 1. The summed E-state index contributed by atoms with van der Waals surface area (Å²) >= 11 is 0. The van der Waals surface area contributed by atoms with E-state index in [1.165, 1.54) is 0 Å². The number of hydrogen-bond donors (Lipinski definition) is 2. The van der Waals surface area contributed by atoms with Crippen molar-refractivity contribution in [3.05, 3.63) is 0 Å². The van der Waals surface area contributed by atoms with Gasteiger partial charge in [-0.1, -0.05) is 13.8 Å². The molecule has 0 bridgehead atoms. The van der Waals surface area contributed by atoms with Gasteiger partial charge in [0.1, 0.15) is 0 Å². The molecule has 1 heterocycles. The Morgan fingerprint density at radius 1 is 1.31 bits per heavy atom. The van der Waals surface area contributed by atoms with Crippen LogP contribution in [0.5, 0.6) is 0 Å². The molecule has 2 N–H and O–H groups in total. The van der Waals surface area contributed by atoms with Gasteiger partial charge in [-0.3, -0.25) is 0 Å². The van der Waals surface area contributed by atoms with E-state index in [9.17, 15) is 5.11 Å². The van der Waals surface area contributed by atoms with Gasteiger partial charge in [-0.25, -0.2) is 0 Å². The van der Waals surface area contributed by atoms with Gasteiger partial charge >= 0.3 is 0 Å². The Kier molecular flexibility index (Phi) is 6.28. The van der Waals surface area contributed by atoms with Crippen LogP contribution in [0.15, 0.2) is 0 Å². The largest absolute Gasteiger partial charge is 0.396 e. The van der Waals surface area contributed by atoms with Crippen LogP contribution in [0.25, 0.3) is 0 Å². The van der Waals surface area contributed by atoms with E-state index in [0.717, 1.165) is 25.9 Å². The number of aliphatic hydroxyl groups is 1. The minimum absolute atomic E-state index is 0.0233. The van der Waals surface area contributed by atoms with Crippen molar-refractivity contribution in [3.63, 3.8) is 0 Å². The Balaban J connectivity index is 2.21. The summed E-state index contributed by atoms with van der Waals surface area (Å²) in [6, 6.07) is 0. The van der Waals surface area contributed by atoms with Crippen LogP contribution in [-0.2, 0) is 9.47 Å². The molecule has 0 spiro atoms.